The number of carbonyl (C=O) groups excluding carboxylic acids is 1. The van der Waals surface area contributed by atoms with Crippen LogP contribution in [0.2, 0.25) is 0 Å². The van der Waals surface area contributed by atoms with E-state index in [4.69, 9.17) is 9.47 Å². The van der Waals surface area contributed by atoms with E-state index in [1.54, 1.807) is 30.3 Å². The fourth-order valence-corrected chi connectivity index (χ4v) is 1.88. The molecule has 0 aromatic heterocycles. The zero-order chi connectivity index (χ0) is 13.8. The number of aliphatic hydroxyl groups is 3. The second-order valence-electron chi connectivity index (χ2n) is 4.39. The number of esters is 1. The smallest absolute Gasteiger partial charge is 0.338 e. The highest BCUT2D eigenvalue weighted by Crippen LogP contribution is 2.18. The van der Waals surface area contributed by atoms with Crippen LogP contribution in [0, 0.1) is 0 Å². The summed E-state index contributed by atoms with van der Waals surface area (Å²) in [7, 11) is 0. The third-order valence-electron chi connectivity index (χ3n) is 2.96. The third kappa shape index (κ3) is 3.30. The van der Waals surface area contributed by atoms with Crippen molar-refractivity contribution in [1.82, 2.24) is 0 Å². The highest BCUT2D eigenvalue weighted by Gasteiger charge is 2.39. The van der Waals surface area contributed by atoms with Crippen LogP contribution in [0.15, 0.2) is 30.3 Å². The molecular formula is C13H16O6. The van der Waals surface area contributed by atoms with E-state index >= 15 is 0 Å². The standard InChI is InChI=1S/C13H16O6/c14-9-6-18-12(11(9)16)10(15)7-19-13(17)8-4-2-1-3-5-8/h1-5,9-12,14-16H,6-7H2/t9?,10?,11-,12?/m0/s1. The number of aliphatic hydroxyl groups excluding tert-OH is 3. The molecule has 2 rings (SSSR count). The van der Waals surface area contributed by atoms with Crippen LogP contribution < -0.4 is 0 Å². The largest absolute Gasteiger partial charge is 0.459 e. The van der Waals surface area contributed by atoms with Crippen LogP contribution in [0.25, 0.3) is 0 Å². The molecule has 1 aromatic rings. The van der Waals surface area contributed by atoms with E-state index < -0.39 is 30.4 Å². The van der Waals surface area contributed by atoms with Crippen LogP contribution in [0.4, 0.5) is 0 Å². The molecule has 0 bridgehead atoms. The minimum absolute atomic E-state index is 0.0461. The summed E-state index contributed by atoms with van der Waals surface area (Å²) in [6.45, 7) is -0.350. The molecule has 1 saturated heterocycles. The fourth-order valence-electron chi connectivity index (χ4n) is 1.88. The van der Waals surface area contributed by atoms with Crippen molar-refractivity contribution in [2.45, 2.75) is 24.4 Å². The van der Waals surface area contributed by atoms with Crippen LogP contribution in [0.3, 0.4) is 0 Å². The molecule has 0 radical (unpaired) electrons. The summed E-state index contributed by atoms with van der Waals surface area (Å²) < 4.78 is 9.96. The average molecular weight is 268 g/mol. The summed E-state index contributed by atoms with van der Waals surface area (Å²) >= 11 is 0. The van der Waals surface area contributed by atoms with E-state index in [9.17, 15) is 20.1 Å². The molecule has 6 nitrogen and oxygen atoms in total. The molecule has 1 aromatic carbocycles. The number of hydrogen-bond donors (Lipinski definition) is 3. The Labute approximate surface area is 110 Å². The molecule has 19 heavy (non-hydrogen) atoms. The van der Waals surface area contributed by atoms with Crippen molar-refractivity contribution in [3.8, 4) is 0 Å². The van der Waals surface area contributed by atoms with Crippen LogP contribution in [0.1, 0.15) is 10.4 Å². The van der Waals surface area contributed by atoms with Gasteiger partial charge in [-0.2, -0.15) is 0 Å². The van der Waals surface area contributed by atoms with Crippen molar-refractivity contribution >= 4 is 5.97 Å². The molecule has 1 aliphatic heterocycles. The second kappa shape index (κ2) is 6.12. The lowest BCUT2D eigenvalue weighted by Crippen LogP contribution is -2.41. The molecular weight excluding hydrogens is 252 g/mol. The van der Waals surface area contributed by atoms with Gasteiger partial charge in [-0.05, 0) is 12.1 Å². The van der Waals surface area contributed by atoms with Gasteiger partial charge in [0.1, 0.15) is 31.0 Å². The third-order valence-corrected chi connectivity index (χ3v) is 2.96. The monoisotopic (exact) mass is 268 g/mol. The SMILES string of the molecule is O=C(OCC(O)C1OCC(O)[C@@H]1O)c1ccccc1. The Morgan fingerprint density at radius 3 is 2.63 bits per heavy atom. The lowest BCUT2D eigenvalue weighted by molar-refractivity contribution is -0.0726. The quantitative estimate of drug-likeness (QED) is 0.626. The van der Waals surface area contributed by atoms with E-state index in [0.29, 0.717) is 5.56 Å². The van der Waals surface area contributed by atoms with Gasteiger partial charge in [0.25, 0.3) is 0 Å². The van der Waals surface area contributed by atoms with Gasteiger partial charge in [0.2, 0.25) is 0 Å². The summed E-state index contributed by atoms with van der Waals surface area (Å²) in [5.41, 5.74) is 0.377. The summed E-state index contributed by atoms with van der Waals surface area (Å²) in [5.74, 6) is -0.562. The molecule has 0 amide bonds. The lowest BCUT2D eigenvalue weighted by Gasteiger charge is -2.20. The first-order valence-electron chi connectivity index (χ1n) is 5.97. The van der Waals surface area contributed by atoms with Gasteiger partial charge in [0.15, 0.2) is 0 Å². The van der Waals surface area contributed by atoms with Crippen molar-refractivity contribution in [2.24, 2.45) is 0 Å². The molecule has 3 N–H and O–H groups in total. The Hall–Kier alpha value is -1.47. The zero-order valence-electron chi connectivity index (χ0n) is 10.2. The first-order chi connectivity index (χ1) is 9.09. The zero-order valence-corrected chi connectivity index (χ0v) is 10.2. The molecule has 6 heteroatoms. The van der Waals surface area contributed by atoms with Crippen molar-refractivity contribution in [1.29, 1.82) is 0 Å². The summed E-state index contributed by atoms with van der Waals surface area (Å²) in [5, 5.41) is 28.6. The normalized spacial score (nSPS) is 28.1. The Kier molecular flexibility index (Phi) is 4.49. The molecule has 1 aliphatic rings. The van der Waals surface area contributed by atoms with Gasteiger partial charge in [-0.3, -0.25) is 0 Å². The Morgan fingerprint density at radius 2 is 2.05 bits per heavy atom. The maximum atomic E-state index is 11.6. The molecule has 0 saturated carbocycles. The summed E-state index contributed by atoms with van der Waals surface area (Å²) in [4.78, 5) is 11.6. The molecule has 1 heterocycles. The molecule has 4 atom stereocenters. The lowest BCUT2D eigenvalue weighted by atomic mass is 10.1. The van der Waals surface area contributed by atoms with Gasteiger partial charge in [-0.15, -0.1) is 0 Å². The molecule has 0 aliphatic carbocycles. The van der Waals surface area contributed by atoms with E-state index in [1.807, 2.05) is 0 Å². The molecule has 3 unspecified atom stereocenters. The summed E-state index contributed by atoms with van der Waals surface area (Å²) in [6, 6.07) is 8.37. The van der Waals surface area contributed by atoms with Gasteiger partial charge in [-0.25, -0.2) is 4.79 Å². The van der Waals surface area contributed by atoms with Gasteiger partial charge in [-0.1, -0.05) is 18.2 Å². The van der Waals surface area contributed by atoms with Crippen molar-refractivity contribution < 1.29 is 29.6 Å². The molecule has 104 valence electrons. The minimum atomic E-state index is -1.18. The van der Waals surface area contributed by atoms with Crippen molar-refractivity contribution in [3.63, 3.8) is 0 Å². The van der Waals surface area contributed by atoms with Gasteiger partial charge < -0.3 is 24.8 Å². The van der Waals surface area contributed by atoms with Crippen LogP contribution in [-0.4, -0.2) is 58.9 Å². The maximum Gasteiger partial charge on any atom is 0.338 e. The maximum absolute atomic E-state index is 11.6. The number of rotatable bonds is 4. The Morgan fingerprint density at radius 1 is 1.37 bits per heavy atom. The second-order valence-corrected chi connectivity index (χ2v) is 4.39. The number of benzene rings is 1. The first kappa shape index (κ1) is 14.0. The Balaban J connectivity index is 1.84. The molecule has 1 fully saturated rings. The average Bonchev–Trinajstić information content (AvgIpc) is 2.77. The summed E-state index contributed by atoms with van der Waals surface area (Å²) in [6.07, 6.45) is -4.33. The van der Waals surface area contributed by atoms with Crippen LogP contribution >= 0.6 is 0 Å². The minimum Gasteiger partial charge on any atom is -0.459 e. The topological polar surface area (TPSA) is 96.2 Å². The van der Waals surface area contributed by atoms with Crippen molar-refractivity contribution in [2.75, 3.05) is 13.2 Å². The van der Waals surface area contributed by atoms with Gasteiger partial charge >= 0.3 is 5.97 Å². The van der Waals surface area contributed by atoms with Crippen LogP contribution in [0.5, 0.6) is 0 Å². The van der Waals surface area contributed by atoms with E-state index in [1.165, 1.54) is 0 Å². The highest BCUT2D eigenvalue weighted by atomic mass is 16.6. The van der Waals surface area contributed by atoms with E-state index in [0.717, 1.165) is 0 Å². The fraction of sp³-hybridized carbons (Fsp3) is 0.462. The van der Waals surface area contributed by atoms with E-state index in [-0.39, 0.29) is 13.2 Å². The first-order valence-corrected chi connectivity index (χ1v) is 5.97. The Bertz CT molecular complexity index is 420. The molecule has 0 spiro atoms. The predicted molar refractivity (Wildman–Crippen MR) is 64.5 cm³/mol. The highest BCUT2D eigenvalue weighted by molar-refractivity contribution is 5.89. The number of carbonyl (C=O) groups is 1. The number of hydrogen-bond acceptors (Lipinski definition) is 6. The predicted octanol–water partition coefficient (Wildman–Crippen LogP) is -0.675. The van der Waals surface area contributed by atoms with Crippen LogP contribution in [-0.2, 0) is 9.47 Å². The van der Waals surface area contributed by atoms with Gasteiger partial charge in [0.05, 0.1) is 12.2 Å². The van der Waals surface area contributed by atoms with E-state index in [2.05, 4.69) is 0 Å². The van der Waals surface area contributed by atoms with Crippen molar-refractivity contribution in [3.05, 3.63) is 35.9 Å². The number of ether oxygens (including phenoxy) is 2. The van der Waals surface area contributed by atoms with Gasteiger partial charge in [0, 0.05) is 0 Å².